The van der Waals surface area contributed by atoms with Gasteiger partial charge in [0.1, 0.15) is 0 Å². The van der Waals surface area contributed by atoms with E-state index in [1.54, 1.807) is 0 Å². The van der Waals surface area contributed by atoms with E-state index >= 15 is 0 Å². The third-order valence-electron chi connectivity index (χ3n) is 2.95. The number of carbonyl (C=O) groups is 1. The van der Waals surface area contributed by atoms with Gasteiger partial charge in [-0.1, -0.05) is 0 Å². The van der Waals surface area contributed by atoms with Gasteiger partial charge in [-0.2, -0.15) is 0 Å². The van der Waals surface area contributed by atoms with E-state index in [-0.39, 0.29) is 17.9 Å². The maximum absolute atomic E-state index is 11.5. The first kappa shape index (κ1) is 11.5. The molecule has 1 aliphatic heterocycles. The maximum Gasteiger partial charge on any atom is 0.311 e. The van der Waals surface area contributed by atoms with Crippen molar-refractivity contribution >= 4 is 5.97 Å². The summed E-state index contributed by atoms with van der Waals surface area (Å²) in [5, 5.41) is 3.17. The second kappa shape index (κ2) is 4.75. The van der Waals surface area contributed by atoms with E-state index in [4.69, 9.17) is 4.74 Å². The Hall–Kier alpha value is -0.610. The van der Waals surface area contributed by atoms with E-state index in [1.165, 1.54) is 7.11 Å². The highest BCUT2D eigenvalue weighted by Gasteiger charge is 2.38. The lowest BCUT2D eigenvalue weighted by molar-refractivity contribution is -0.145. The molecule has 2 atom stereocenters. The van der Waals surface area contributed by atoms with E-state index < -0.39 is 0 Å². The molecule has 0 saturated carbocycles. The summed E-state index contributed by atoms with van der Waals surface area (Å²) < 4.78 is 4.79. The topological polar surface area (TPSA) is 41.6 Å². The number of hydrogen-bond acceptors (Lipinski definition) is 4. The zero-order valence-electron chi connectivity index (χ0n) is 9.41. The Bertz CT molecular complexity index is 206. The summed E-state index contributed by atoms with van der Waals surface area (Å²) in [6.07, 6.45) is 0. The Morgan fingerprint density at radius 3 is 2.57 bits per heavy atom. The maximum atomic E-state index is 11.5. The molecule has 4 heteroatoms. The molecule has 0 aromatic heterocycles. The number of rotatable bonds is 3. The van der Waals surface area contributed by atoms with Crippen LogP contribution in [-0.2, 0) is 9.53 Å². The molecular weight excluding hydrogens is 180 g/mol. The molecule has 0 aromatic carbocycles. The van der Waals surface area contributed by atoms with Crippen molar-refractivity contribution in [1.29, 1.82) is 0 Å². The van der Waals surface area contributed by atoms with Gasteiger partial charge in [0.05, 0.1) is 13.0 Å². The third-order valence-corrected chi connectivity index (χ3v) is 2.95. The number of likely N-dealkylation sites (N-methyl/N-ethyl adjacent to an activating group) is 1. The molecule has 1 rings (SSSR count). The third kappa shape index (κ3) is 2.25. The molecule has 2 unspecified atom stereocenters. The number of ether oxygens (including phenoxy) is 1. The van der Waals surface area contributed by atoms with E-state index in [2.05, 4.69) is 24.1 Å². The molecule has 1 heterocycles. The minimum Gasteiger partial charge on any atom is -0.469 e. The number of carbonyl (C=O) groups excluding carboxylic acids is 1. The van der Waals surface area contributed by atoms with Gasteiger partial charge in [0.15, 0.2) is 0 Å². The van der Waals surface area contributed by atoms with Crippen LogP contribution in [0.1, 0.15) is 13.8 Å². The molecule has 4 nitrogen and oxygen atoms in total. The second-order valence-electron chi connectivity index (χ2n) is 4.07. The van der Waals surface area contributed by atoms with Crippen LogP contribution < -0.4 is 5.32 Å². The monoisotopic (exact) mass is 200 g/mol. The first-order valence-corrected chi connectivity index (χ1v) is 5.09. The van der Waals surface area contributed by atoms with Gasteiger partial charge in [-0.25, -0.2) is 0 Å². The normalized spacial score (nSPS) is 28.4. The molecule has 1 fully saturated rings. The predicted molar refractivity (Wildman–Crippen MR) is 55.1 cm³/mol. The Morgan fingerprint density at radius 1 is 1.50 bits per heavy atom. The number of nitrogens with one attached hydrogen (secondary N) is 1. The highest BCUT2D eigenvalue weighted by molar-refractivity contribution is 5.74. The lowest BCUT2D eigenvalue weighted by Crippen LogP contribution is -2.37. The average molecular weight is 200 g/mol. The van der Waals surface area contributed by atoms with Gasteiger partial charge < -0.3 is 10.1 Å². The van der Waals surface area contributed by atoms with Gasteiger partial charge in [-0.15, -0.1) is 0 Å². The highest BCUT2D eigenvalue weighted by atomic mass is 16.5. The van der Waals surface area contributed by atoms with Crippen molar-refractivity contribution in [3.63, 3.8) is 0 Å². The van der Waals surface area contributed by atoms with Crippen molar-refractivity contribution in [2.45, 2.75) is 25.9 Å². The summed E-state index contributed by atoms with van der Waals surface area (Å²) in [6.45, 7) is 6.02. The van der Waals surface area contributed by atoms with Crippen molar-refractivity contribution in [3.05, 3.63) is 0 Å². The van der Waals surface area contributed by atoms with E-state index in [1.807, 2.05) is 7.05 Å². The van der Waals surface area contributed by atoms with E-state index in [0.29, 0.717) is 6.04 Å². The quantitative estimate of drug-likeness (QED) is 0.655. The average Bonchev–Trinajstić information content (AvgIpc) is 2.60. The highest BCUT2D eigenvalue weighted by Crippen LogP contribution is 2.20. The summed E-state index contributed by atoms with van der Waals surface area (Å²) in [6, 6.07) is 0.713. The van der Waals surface area contributed by atoms with Crippen LogP contribution in [0.3, 0.4) is 0 Å². The fourth-order valence-electron chi connectivity index (χ4n) is 1.94. The van der Waals surface area contributed by atoms with Crippen LogP contribution in [0.15, 0.2) is 0 Å². The number of likely N-dealkylation sites (tertiary alicyclic amines) is 1. The zero-order valence-corrected chi connectivity index (χ0v) is 9.41. The Morgan fingerprint density at radius 2 is 2.14 bits per heavy atom. The van der Waals surface area contributed by atoms with Crippen molar-refractivity contribution in [2.24, 2.45) is 5.92 Å². The standard InChI is InChI=1S/C10H20N2O2/c1-7(2)12-5-8(10(13)14-4)9(6-12)11-3/h7-9,11H,5-6H2,1-4H3. The van der Waals surface area contributed by atoms with Crippen molar-refractivity contribution in [2.75, 3.05) is 27.2 Å². The molecule has 1 aliphatic rings. The minimum absolute atomic E-state index is 0.0209. The fourth-order valence-corrected chi connectivity index (χ4v) is 1.94. The molecule has 14 heavy (non-hydrogen) atoms. The van der Waals surface area contributed by atoms with Crippen LogP contribution in [-0.4, -0.2) is 50.2 Å². The summed E-state index contributed by atoms with van der Waals surface area (Å²) in [5.41, 5.74) is 0. The first-order chi connectivity index (χ1) is 6.60. The molecule has 1 N–H and O–H groups in total. The lowest BCUT2D eigenvalue weighted by Gasteiger charge is -2.19. The molecule has 82 valence electrons. The molecular formula is C10H20N2O2. The number of methoxy groups -OCH3 is 1. The molecule has 0 aliphatic carbocycles. The van der Waals surface area contributed by atoms with Gasteiger partial charge >= 0.3 is 5.97 Å². The summed E-state index contributed by atoms with van der Waals surface area (Å²) >= 11 is 0. The van der Waals surface area contributed by atoms with Crippen LogP contribution in [0, 0.1) is 5.92 Å². The second-order valence-corrected chi connectivity index (χ2v) is 4.07. The van der Waals surface area contributed by atoms with Crippen molar-refractivity contribution in [3.8, 4) is 0 Å². The molecule has 0 spiro atoms. The minimum atomic E-state index is -0.104. The van der Waals surface area contributed by atoms with Crippen LogP contribution >= 0.6 is 0 Å². The largest absolute Gasteiger partial charge is 0.469 e. The van der Waals surface area contributed by atoms with Gasteiger partial charge in [-0.05, 0) is 20.9 Å². The Kier molecular flexibility index (Phi) is 3.89. The lowest BCUT2D eigenvalue weighted by atomic mass is 10.0. The Balaban J connectivity index is 2.62. The fraction of sp³-hybridized carbons (Fsp3) is 0.900. The number of hydrogen-bond donors (Lipinski definition) is 1. The number of nitrogens with zero attached hydrogens (tertiary/aromatic N) is 1. The van der Waals surface area contributed by atoms with Gasteiger partial charge in [0.2, 0.25) is 0 Å². The number of esters is 1. The molecule has 0 aromatic rings. The molecule has 1 saturated heterocycles. The van der Waals surface area contributed by atoms with E-state index in [0.717, 1.165) is 13.1 Å². The summed E-state index contributed by atoms with van der Waals surface area (Å²) in [5.74, 6) is -0.125. The van der Waals surface area contributed by atoms with Crippen molar-refractivity contribution in [1.82, 2.24) is 10.2 Å². The van der Waals surface area contributed by atoms with Crippen LogP contribution in [0.25, 0.3) is 0 Å². The summed E-state index contributed by atoms with van der Waals surface area (Å²) in [4.78, 5) is 13.8. The van der Waals surface area contributed by atoms with Crippen LogP contribution in [0.5, 0.6) is 0 Å². The van der Waals surface area contributed by atoms with Gasteiger partial charge in [-0.3, -0.25) is 9.69 Å². The van der Waals surface area contributed by atoms with Gasteiger partial charge in [0, 0.05) is 25.2 Å². The van der Waals surface area contributed by atoms with Crippen molar-refractivity contribution < 1.29 is 9.53 Å². The first-order valence-electron chi connectivity index (χ1n) is 5.09. The zero-order chi connectivity index (χ0) is 10.7. The van der Waals surface area contributed by atoms with E-state index in [9.17, 15) is 4.79 Å². The molecule has 0 amide bonds. The summed E-state index contributed by atoms with van der Waals surface area (Å²) in [7, 11) is 3.34. The molecule has 0 bridgehead atoms. The van der Waals surface area contributed by atoms with Crippen LogP contribution in [0.2, 0.25) is 0 Å². The Labute approximate surface area is 85.6 Å². The molecule has 0 radical (unpaired) electrons. The van der Waals surface area contributed by atoms with Gasteiger partial charge in [0.25, 0.3) is 0 Å². The van der Waals surface area contributed by atoms with Crippen LogP contribution in [0.4, 0.5) is 0 Å². The smallest absolute Gasteiger partial charge is 0.311 e. The SMILES string of the molecule is CNC1CN(C(C)C)CC1C(=O)OC. The predicted octanol–water partition coefficient (Wildman–Crippen LogP) is 0.0876.